The van der Waals surface area contributed by atoms with E-state index in [0.29, 0.717) is 13.0 Å². The smallest absolute Gasteiger partial charge is 0.322 e. The second-order valence-corrected chi connectivity index (χ2v) is 5.59. The number of methoxy groups -OCH3 is 1. The van der Waals surface area contributed by atoms with Gasteiger partial charge in [-0.3, -0.25) is 14.9 Å². The molecule has 1 aromatic carbocycles. The van der Waals surface area contributed by atoms with Gasteiger partial charge in [0.1, 0.15) is 6.04 Å². The number of piperidine rings is 1. The first-order valence-corrected chi connectivity index (χ1v) is 7.82. The van der Waals surface area contributed by atoms with E-state index in [2.05, 4.69) is 5.32 Å². The van der Waals surface area contributed by atoms with Crippen molar-refractivity contribution < 1.29 is 14.3 Å². The van der Waals surface area contributed by atoms with E-state index in [9.17, 15) is 9.59 Å². The van der Waals surface area contributed by atoms with Crippen LogP contribution in [0.4, 0.5) is 0 Å². The molecule has 0 spiro atoms. The molecule has 0 radical (unpaired) electrons. The van der Waals surface area contributed by atoms with Gasteiger partial charge in [0, 0.05) is 13.1 Å². The van der Waals surface area contributed by atoms with Gasteiger partial charge in [0.2, 0.25) is 5.91 Å². The maximum Gasteiger partial charge on any atom is 0.322 e. The largest absolute Gasteiger partial charge is 0.468 e. The Bertz CT molecular complexity index is 504. The van der Waals surface area contributed by atoms with Crippen molar-refractivity contribution in [2.24, 2.45) is 0 Å². The predicted molar refractivity (Wildman–Crippen MR) is 84.1 cm³/mol. The molecule has 22 heavy (non-hydrogen) atoms. The average molecular weight is 304 g/mol. The van der Waals surface area contributed by atoms with Gasteiger partial charge < -0.3 is 9.64 Å². The minimum absolute atomic E-state index is 0.0671. The molecule has 5 nitrogen and oxygen atoms in total. The van der Waals surface area contributed by atoms with Crippen LogP contribution < -0.4 is 5.32 Å². The molecule has 0 unspecified atom stereocenters. The summed E-state index contributed by atoms with van der Waals surface area (Å²) in [6, 6.07) is 9.24. The van der Waals surface area contributed by atoms with Crippen molar-refractivity contribution in [3.05, 3.63) is 35.9 Å². The van der Waals surface area contributed by atoms with Gasteiger partial charge in [-0.15, -0.1) is 0 Å². The third-order valence-electron chi connectivity index (χ3n) is 4.04. The van der Waals surface area contributed by atoms with E-state index >= 15 is 0 Å². The molecule has 0 saturated carbocycles. The number of hydrogen-bond donors (Lipinski definition) is 1. The number of esters is 1. The molecule has 0 bridgehead atoms. The minimum Gasteiger partial charge on any atom is -0.468 e. The molecule has 0 aromatic heterocycles. The summed E-state index contributed by atoms with van der Waals surface area (Å²) in [7, 11) is 1.37. The first-order chi connectivity index (χ1) is 10.7. The van der Waals surface area contributed by atoms with Gasteiger partial charge in [-0.05, 0) is 24.8 Å². The quantitative estimate of drug-likeness (QED) is 0.813. The van der Waals surface area contributed by atoms with Crippen molar-refractivity contribution in [3.8, 4) is 0 Å². The number of benzene rings is 1. The molecular weight excluding hydrogens is 280 g/mol. The van der Waals surface area contributed by atoms with Gasteiger partial charge in [-0.25, -0.2) is 0 Å². The number of nitrogens with zero attached hydrogens (tertiary/aromatic N) is 1. The van der Waals surface area contributed by atoms with Gasteiger partial charge in [0.15, 0.2) is 0 Å². The Morgan fingerprint density at radius 1 is 1.41 bits per heavy atom. The van der Waals surface area contributed by atoms with E-state index < -0.39 is 6.04 Å². The summed E-state index contributed by atoms with van der Waals surface area (Å²) in [5.74, 6) is -0.243. The topological polar surface area (TPSA) is 58.6 Å². The van der Waals surface area contributed by atoms with Crippen LogP contribution in [-0.4, -0.2) is 42.5 Å². The van der Waals surface area contributed by atoms with E-state index in [1.165, 1.54) is 7.11 Å². The number of likely N-dealkylation sites (tertiary alicyclic amines) is 1. The summed E-state index contributed by atoms with van der Waals surface area (Å²) in [4.78, 5) is 26.2. The van der Waals surface area contributed by atoms with Crippen LogP contribution in [0.2, 0.25) is 0 Å². The van der Waals surface area contributed by atoms with Crippen LogP contribution in [0.3, 0.4) is 0 Å². The Labute approximate surface area is 131 Å². The molecule has 1 amide bonds. The standard InChI is InChI=1S/C17H24N2O3/c1-3-14(17(21)22-2)18-15-10-7-11-19(16(15)20)12-13-8-5-4-6-9-13/h4-6,8-9,14-15,18H,3,7,10-12H2,1-2H3/t14-,15+/m1/s1. The Morgan fingerprint density at radius 3 is 2.77 bits per heavy atom. The highest BCUT2D eigenvalue weighted by Crippen LogP contribution is 2.16. The highest BCUT2D eigenvalue weighted by atomic mass is 16.5. The normalized spacial score (nSPS) is 19.8. The van der Waals surface area contributed by atoms with Crippen LogP contribution in [-0.2, 0) is 20.9 Å². The van der Waals surface area contributed by atoms with Crippen molar-refractivity contribution >= 4 is 11.9 Å². The number of hydrogen-bond acceptors (Lipinski definition) is 4. The molecule has 1 saturated heterocycles. The number of nitrogens with one attached hydrogen (secondary N) is 1. The molecule has 2 rings (SSSR count). The lowest BCUT2D eigenvalue weighted by Crippen LogP contribution is -2.54. The van der Waals surface area contributed by atoms with Crippen molar-refractivity contribution in [2.45, 2.75) is 44.8 Å². The zero-order chi connectivity index (χ0) is 15.9. The first-order valence-electron chi connectivity index (χ1n) is 7.82. The Hall–Kier alpha value is -1.88. The average Bonchev–Trinajstić information content (AvgIpc) is 2.56. The molecule has 0 aliphatic carbocycles. The summed E-state index contributed by atoms with van der Waals surface area (Å²) in [6.45, 7) is 3.29. The molecule has 2 atom stereocenters. The van der Waals surface area contributed by atoms with Crippen molar-refractivity contribution in [3.63, 3.8) is 0 Å². The van der Waals surface area contributed by atoms with Gasteiger partial charge >= 0.3 is 5.97 Å². The molecule has 1 aromatic rings. The molecule has 1 N–H and O–H groups in total. The highest BCUT2D eigenvalue weighted by Gasteiger charge is 2.31. The first kappa shape index (κ1) is 16.5. The van der Waals surface area contributed by atoms with Crippen LogP contribution in [0, 0.1) is 0 Å². The number of ether oxygens (including phenoxy) is 1. The number of carbonyl (C=O) groups is 2. The van der Waals surface area contributed by atoms with Gasteiger partial charge in [-0.1, -0.05) is 37.3 Å². The maximum absolute atomic E-state index is 12.6. The van der Waals surface area contributed by atoms with Crippen LogP contribution in [0.5, 0.6) is 0 Å². The van der Waals surface area contributed by atoms with Gasteiger partial charge in [-0.2, -0.15) is 0 Å². The Kier molecular flexibility index (Phi) is 5.95. The van der Waals surface area contributed by atoms with Crippen molar-refractivity contribution in [1.82, 2.24) is 10.2 Å². The Balaban J connectivity index is 1.99. The van der Waals surface area contributed by atoms with Crippen molar-refractivity contribution in [2.75, 3.05) is 13.7 Å². The van der Waals surface area contributed by atoms with Crippen LogP contribution in [0.1, 0.15) is 31.7 Å². The number of rotatable bonds is 6. The highest BCUT2D eigenvalue weighted by molar-refractivity contribution is 5.84. The van der Waals surface area contributed by atoms with Gasteiger partial charge in [0.25, 0.3) is 0 Å². The van der Waals surface area contributed by atoms with E-state index in [1.807, 2.05) is 42.2 Å². The van der Waals surface area contributed by atoms with E-state index in [-0.39, 0.29) is 17.9 Å². The summed E-state index contributed by atoms with van der Waals surface area (Å²) in [5.41, 5.74) is 1.12. The number of amides is 1. The minimum atomic E-state index is -0.421. The van der Waals surface area contributed by atoms with Crippen LogP contribution in [0.15, 0.2) is 30.3 Å². The zero-order valence-corrected chi connectivity index (χ0v) is 13.2. The van der Waals surface area contributed by atoms with Gasteiger partial charge in [0.05, 0.1) is 13.2 Å². The SMILES string of the molecule is CC[C@@H](N[C@H]1CCCN(Cc2ccccc2)C1=O)C(=O)OC. The van der Waals surface area contributed by atoms with Crippen LogP contribution >= 0.6 is 0 Å². The van der Waals surface area contributed by atoms with E-state index in [1.54, 1.807) is 0 Å². The molecule has 1 heterocycles. The molecular formula is C17H24N2O3. The second kappa shape index (κ2) is 7.94. The van der Waals surface area contributed by atoms with E-state index in [4.69, 9.17) is 4.74 Å². The fourth-order valence-electron chi connectivity index (χ4n) is 2.79. The van der Waals surface area contributed by atoms with E-state index in [0.717, 1.165) is 24.9 Å². The fraction of sp³-hybridized carbons (Fsp3) is 0.529. The lowest BCUT2D eigenvalue weighted by molar-refractivity contribution is -0.144. The molecule has 120 valence electrons. The third kappa shape index (κ3) is 4.07. The Morgan fingerprint density at radius 2 is 2.14 bits per heavy atom. The zero-order valence-electron chi connectivity index (χ0n) is 13.2. The van der Waals surface area contributed by atoms with Crippen molar-refractivity contribution in [1.29, 1.82) is 0 Å². The summed E-state index contributed by atoms with van der Waals surface area (Å²) < 4.78 is 4.78. The second-order valence-electron chi connectivity index (χ2n) is 5.59. The monoisotopic (exact) mass is 304 g/mol. The molecule has 1 fully saturated rings. The molecule has 5 heteroatoms. The third-order valence-corrected chi connectivity index (χ3v) is 4.04. The number of carbonyl (C=O) groups excluding carboxylic acids is 2. The van der Waals surface area contributed by atoms with Crippen LogP contribution in [0.25, 0.3) is 0 Å². The summed E-state index contributed by atoms with van der Waals surface area (Å²) >= 11 is 0. The molecule has 1 aliphatic rings. The summed E-state index contributed by atoms with van der Waals surface area (Å²) in [6.07, 6.45) is 2.31. The lowest BCUT2D eigenvalue weighted by Gasteiger charge is -2.34. The maximum atomic E-state index is 12.6. The summed E-state index contributed by atoms with van der Waals surface area (Å²) in [5, 5.41) is 3.16. The fourth-order valence-corrected chi connectivity index (χ4v) is 2.79. The predicted octanol–water partition coefficient (Wildman–Crippen LogP) is 1.72. The molecule has 1 aliphatic heterocycles. The lowest BCUT2D eigenvalue weighted by atomic mass is 10.0.